The molecule has 2 N–H and O–H groups in total. The Morgan fingerprint density at radius 2 is 1.67 bits per heavy atom. The minimum absolute atomic E-state index is 0.0361. The molecule has 2 aromatic heterocycles. The Kier molecular flexibility index (Phi) is 6.08. The molecule has 1 saturated carbocycles. The van der Waals surface area contributed by atoms with E-state index in [2.05, 4.69) is 15.6 Å². The zero-order valence-electron chi connectivity index (χ0n) is 17.8. The molecule has 0 aliphatic heterocycles. The van der Waals surface area contributed by atoms with Gasteiger partial charge < -0.3 is 10.6 Å². The summed E-state index contributed by atoms with van der Waals surface area (Å²) in [6.07, 6.45) is 0.460. The van der Waals surface area contributed by atoms with Crippen molar-refractivity contribution in [3.05, 3.63) is 59.9 Å². The van der Waals surface area contributed by atoms with Crippen molar-refractivity contribution in [1.82, 2.24) is 14.7 Å². The zero-order chi connectivity index (χ0) is 23.8. The van der Waals surface area contributed by atoms with Gasteiger partial charge >= 0.3 is 6.18 Å². The van der Waals surface area contributed by atoms with Crippen molar-refractivity contribution in [2.45, 2.75) is 48.8 Å². The Morgan fingerprint density at radius 1 is 1.03 bits per heavy atom. The maximum atomic E-state index is 13.0. The SMILES string of the molecule is CS(=O)(=O)c1ccc(C(=O)NC2CCC(Nc3cccc4nc(C(F)(F)F)cn34)CC2)cc1. The Bertz CT molecular complexity index is 1260. The summed E-state index contributed by atoms with van der Waals surface area (Å²) in [7, 11) is -3.32. The number of amides is 1. The molecule has 11 heteroatoms. The Balaban J connectivity index is 1.35. The third-order valence-corrected chi connectivity index (χ3v) is 6.87. The van der Waals surface area contributed by atoms with E-state index < -0.39 is 21.7 Å². The van der Waals surface area contributed by atoms with Crippen LogP contribution >= 0.6 is 0 Å². The number of benzene rings is 1. The first-order chi connectivity index (χ1) is 15.5. The van der Waals surface area contributed by atoms with E-state index in [-0.39, 0.29) is 28.5 Å². The van der Waals surface area contributed by atoms with Crippen molar-refractivity contribution in [2.75, 3.05) is 11.6 Å². The normalized spacial score (nSPS) is 19.4. The predicted molar refractivity (Wildman–Crippen MR) is 117 cm³/mol. The number of fused-ring (bicyclic) bond motifs is 1. The molecule has 0 bridgehead atoms. The first-order valence-electron chi connectivity index (χ1n) is 10.4. The van der Waals surface area contributed by atoms with Gasteiger partial charge in [-0.1, -0.05) is 6.07 Å². The van der Waals surface area contributed by atoms with E-state index in [4.69, 9.17) is 0 Å². The van der Waals surface area contributed by atoms with Crippen LogP contribution in [0.1, 0.15) is 41.7 Å². The molecule has 33 heavy (non-hydrogen) atoms. The lowest BCUT2D eigenvalue weighted by Crippen LogP contribution is -2.40. The van der Waals surface area contributed by atoms with Crippen LogP contribution in [0.2, 0.25) is 0 Å². The summed E-state index contributed by atoms with van der Waals surface area (Å²) >= 11 is 0. The smallest absolute Gasteiger partial charge is 0.368 e. The van der Waals surface area contributed by atoms with Crippen LogP contribution < -0.4 is 10.6 Å². The summed E-state index contributed by atoms with van der Waals surface area (Å²) < 4.78 is 63.5. The number of alkyl halides is 3. The van der Waals surface area contributed by atoms with Gasteiger partial charge in [0.2, 0.25) is 0 Å². The van der Waals surface area contributed by atoms with Crippen LogP contribution in [-0.2, 0) is 16.0 Å². The van der Waals surface area contributed by atoms with Crippen molar-refractivity contribution in [3.8, 4) is 0 Å². The molecule has 0 unspecified atom stereocenters. The van der Waals surface area contributed by atoms with Crippen LogP contribution in [0.3, 0.4) is 0 Å². The van der Waals surface area contributed by atoms with Gasteiger partial charge in [0, 0.05) is 30.1 Å². The highest BCUT2D eigenvalue weighted by atomic mass is 32.2. The number of imidazole rings is 1. The molecule has 0 spiro atoms. The number of aromatic nitrogens is 2. The third-order valence-electron chi connectivity index (χ3n) is 5.74. The molecular weight excluding hydrogens is 457 g/mol. The van der Waals surface area contributed by atoms with Gasteiger partial charge in [0.1, 0.15) is 11.5 Å². The largest absolute Gasteiger partial charge is 0.434 e. The molecule has 1 amide bonds. The topological polar surface area (TPSA) is 92.6 Å². The Morgan fingerprint density at radius 3 is 2.27 bits per heavy atom. The van der Waals surface area contributed by atoms with Crippen LogP contribution in [-0.4, -0.2) is 42.0 Å². The van der Waals surface area contributed by atoms with Gasteiger partial charge in [-0.3, -0.25) is 9.20 Å². The molecular formula is C22H23F3N4O3S. The second-order valence-corrected chi connectivity index (χ2v) is 10.2. The molecule has 0 atom stereocenters. The number of nitrogens with one attached hydrogen (secondary N) is 2. The average molecular weight is 481 g/mol. The maximum Gasteiger partial charge on any atom is 0.434 e. The first kappa shape index (κ1) is 23.1. The summed E-state index contributed by atoms with van der Waals surface area (Å²) in [5, 5.41) is 6.27. The number of sulfone groups is 1. The number of rotatable bonds is 5. The van der Waals surface area contributed by atoms with Gasteiger partial charge in [-0.05, 0) is 62.1 Å². The first-order valence-corrected chi connectivity index (χ1v) is 12.3. The monoisotopic (exact) mass is 480 g/mol. The quantitative estimate of drug-likeness (QED) is 0.578. The van der Waals surface area contributed by atoms with E-state index in [1.807, 2.05) is 0 Å². The lowest BCUT2D eigenvalue weighted by atomic mass is 9.91. The number of halogens is 3. The fourth-order valence-corrected chi connectivity index (χ4v) is 4.61. The van der Waals surface area contributed by atoms with Gasteiger partial charge in [-0.25, -0.2) is 13.4 Å². The molecule has 1 aliphatic carbocycles. The number of hydrogen-bond acceptors (Lipinski definition) is 5. The molecule has 3 aromatic rings. The highest BCUT2D eigenvalue weighted by Crippen LogP contribution is 2.30. The van der Waals surface area contributed by atoms with Crippen molar-refractivity contribution in [2.24, 2.45) is 0 Å². The molecule has 1 fully saturated rings. The predicted octanol–water partition coefficient (Wildman–Crippen LogP) is 3.91. The van der Waals surface area contributed by atoms with Gasteiger partial charge in [0.25, 0.3) is 5.91 Å². The van der Waals surface area contributed by atoms with Crippen LogP contribution in [0.25, 0.3) is 5.65 Å². The van der Waals surface area contributed by atoms with Crippen molar-refractivity contribution >= 4 is 27.2 Å². The van der Waals surface area contributed by atoms with Crippen molar-refractivity contribution in [1.29, 1.82) is 0 Å². The standard InChI is InChI=1S/C22H23F3N4O3S/c1-33(31,32)17-11-5-14(6-12-17)21(30)27-16-9-7-15(8-10-16)26-19-3-2-4-20-28-18(13-29(19)20)22(23,24)25/h2-6,11-13,15-16,26H,7-10H2,1H3,(H,27,30). The highest BCUT2D eigenvalue weighted by Gasteiger charge is 2.34. The average Bonchev–Trinajstić information content (AvgIpc) is 3.21. The molecule has 176 valence electrons. The van der Waals surface area contributed by atoms with E-state index in [1.165, 1.54) is 34.7 Å². The Hall–Kier alpha value is -3.08. The molecule has 0 saturated heterocycles. The Labute approximate surface area is 188 Å². The van der Waals surface area contributed by atoms with Gasteiger partial charge in [0.15, 0.2) is 15.5 Å². The van der Waals surface area contributed by atoms with Gasteiger partial charge in [-0.15, -0.1) is 0 Å². The lowest BCUT2D eigenvalue weighted by molar-refractivity contribution is -0.140. The van der Waals surface area contributed by atoms with Crippen LogP contribution in [0.4, 0.5) is 19.0 Å². The minimum atomic E-state index is -4.51. The fourth-order valence-electron chi connectivity index (χ4n) is 3.98. The van der Waals surface area contributed by atoms with E-state index in [0.29, 0.717) is 24.2 Å². The molecule has 4 rings (SSSR count). The maximum absolute atomic E-state index is 13.0. The number of carbonyl (C=O) groups is 1. The summed E-state index contributed by atoms with van der Waals surface area (Å²) in [5.41, 5.74) is -0.335. The summed E-state index contributed by atoms with van der Waals surface area (Å²) in [6, 6.07) is 10.7. The summed E-state index contributed by atoms with van der Waals surface area (Å²) in [4.78, 5) is 16.3. The third kappa shape index (κ3) is 5.29. The van der Waals surface area contributed by atoms with Gasteiger partial charge in [0.05, 0.1) is 4.90 Å². The highest BCUT2D eigenvalue weighted by molar-refractivity contribution is 7.90. The van der Waals surface area contributed by atoms with E-state index in [9.17, 15) is 26.4 Å². The van der Waals surface area contributed by atoms with E-state index in [0.717, 1.165) is 25.3 Å². The van der Waals surface area contributed by atoms with Crippen LogP contribution in [0.5, 0.6) is 0 Å². The van der Waals surface area contributed by atoms with Crippen molar-refractivity contribution in [3.63, 3.8) is 0 Å². The molecule has 1 aromatic carbocycles. The zero-order valence-corrected chi connectivity index (χ0v) is 18.6. The second-order valence-electron chi connectivity index (χ2n) is 8.23. The molecule has 1 aliphatic rings. The number of pyridine rings is 1. The molecule has 7 nitrogen and oxygen atoms in total. The molecule has 0 radical (unpaired) electrons. The van der Waals surface area contributed by atoms with Crippen LogP contribution in [0, 0.1) is 0 Å². The lowest BCUT2D eigenvalue weighted by Gasteiger charge is -2.30. The number of hydrogen-bond donors (Lipinski definition) is 2. The number of anilines is 1. The number of carbonyl (C=O) groups excluding carboxylic acids is 1. The van der Waals surface area contributed by atoms with E-state index >= 15 is 0 Å². The fraction of sp³-hybridized carbons (Fsp3) is 0.364. The van der Waals surface area contributed by atoms with Gasteiger partial charge in [-0.2, -0.15) is 13.2 Å². The second kappa shape index (κ2) is 8.69. The number of nitrogens with zero attached hydrogens (tertiary/aromatic N) is 2. The summed E-state index contributed by atoms with van der Waals surface area (Å²) in [5.74, 6) is 0.267. The van der Waals surface area contributed by atoms with Crippen LogP contribution in [0.15, 0.2) is 53.6 Å². The molecule has 2 heterocycles. The minimum Gasteiger partial charge on any atom is -0.368 e. The van der Waals surface area contributed by atoms with Crippen molar-refractivity contribution < 1.29 is 26.4 Å². The van der Waals surface area contributed by atoms with E-state index in [1.54, 1.807) is 12.1 Å². The summed E-state index contributed by atoms with van der Waals surface area (Å²) in [6.45, 7) is 0.